The van der Waals surface area contributed by atoms with E-state index in [2.05, 4.69) is 15.9 Å². The van der Waals surface area contributed by atoms with Crippen LogP contribution >= 0.6 is 15.9 Å². The Morgan fingerprint density at radius 2 is 2.17 bits per heavy atom. The number of carbonyl (C=O) groups excluding carboxylic acids is 1. The normalized spacial score (nSPS) is 14.8. The fourth-order valence-electron chi connectivity index (χ4n) is 1.91. The number of carbonyl (C=O) groups is 1. The average Bonchev–Trinajstić information content (AvgIpc) is 2.35. The Labute approximate surface area is 112 Å². The number of methoxy groups -OCH3 is 1. The van der Waals surface area contributed by atoms with Crippen molar-refractivity contribution in [2.24, 2.45) is 0 Å². The van der Waals surface area contributed by atoms with Gasteiger partial charge in [-0.05, 0) is 15.9 Å². The second-order valence-corrected chi connectivity index (χ2v) is 4.84. The fraction of sp³-hybridized carbons (Fsp3) is 0.455. The molecule has 0 saturated carbocycles. The van der Waals surface area contributed by atoms with Crippen molar-refractivity contribution in [2.75, 3.05) is 26.8 Å². The number of hydrogen-bond acceptors (Lipinski definition) is 4. The van der Waals surface area contributed by atoms with Gasteiger partial charge in [-0.2, -0.15) is 0 Å². The lowest BCUT2D eigenvalue weighted by Gasteiger charge is -2.30. The van der Waals surface area contributed by atoms with E-state index in [1.165, 1.54) is 6.20 Å². The van der Waals surface area contributed by atoms with E-state index in [1.807, 2.05) is 0 Å². The van der Waals surface area contributed by atoms with Crippen molar-refractivity contribution in [3.05, 3.63) is 26.6 Å². The first-order valence-corrected chi connectivity index (χ1v) is 6.25. The summed E-state index contributed by atoms with van der Waals surface area (Å²) in [5.74, 6) is -0.850. The first-order chi connectivity index (χ1) is 8.56. The van der Waals surface area contributed by atoms with E-state index in [0.29, 0.717) is 26.2 Å². The van der Waals surface area contributed by atoms with E-state index in [0.717, 1.165) is 0 Å². The van der Waals surface area contributed by atoms with Crippen molar-refractivity contribution in [2.45, 2.75) is 6.54 Å². The van der Waals surface area contributed by atoms with Crippen molar-refractivity contribution in [3.8, 4) is 5.75 Å². The summed E-state index contributed by atoms with van der Waals surface area (Å²) < 4.78 is 6.76. The number of aromatic hydroxyl groups is 1. The Kier molecular flexibility index (Phi) is 3.72. The average molecular weight is 317 g/mol. The zero-order chi connectivity index (χ0) is 13.3. The smallest absolute Gasteiger partial charge is 0.274 e. The van der Waals surface area contributed by atoms with Gasteiger partial charge in [-0.3, -0.25) is 9.59 Å². The van der Waals surface area contributed by atoms with Gasteiger partial charge in [0, 0.05) is 32.9 Å². The monoisotopic (exact) mass is 316 g/mol. The lowest BCUT2D eigenvalue weighted by molar-refractivity contribution is 0.0633. The van der Waals surface area contributed by atoms with Gasteiger partial charge in [0.2, 0.25) is 5.43 Å². The first-order valence-electron chi connectivity index (χ1n) is 5.46. The molecule has 1 N–H and O–H groups in total. The van der Waals surface area contributed by atoms with Crippen LogP contribution in [0.2, 0.25) is 0 Å². The van der Waals surface area contributed by atoms with Crippen LogP contribution in [0.5, 0.6) is 5.75 Å². The van der Waals surface area contributed by atoms with Crippen LogP contribution in [-0.2, 0) is 11.3 Å². The van der Waals surface area contributed by atoms with E-state index < -0.39 is 11.2 Å². The van der Waals surface area contributed by atoms with Gasteiger partial charge in [-0.15, -0.1) is 0 Å². The maximum absolute atomic E-state index is 12.1. The second kappa shape index (κ2) is 5.11. The Bertz CT molecular complexity index is 541. The molecule has 0 aromatic carbocycles. The number of ether oxygens (including phenoxy) is 1. The molecule has 0 bridgehead atoms. The number of halogens is 1. The number of hydrogen-bond donors (Lipinski definition) is 1. The molecule has 0 atom stereocenters. The third-order valence-electron chi connectivity index (χ3n) is 2.88. The highest BCUT2D eigenvalue weighted by atomic mass is 79.9. The van der Waals surface area contributed by atoms with Gasteiger partial charge in [0.05, 0.1) is 11.1 Å². The van der Waals surface area contributed by atoms with Gasteiger partial charge in [-0.25, -0.2) is 0 Å². The van der Waals surface area contributed by atoms with Gasteiger partial charge in [0.15, 0.2) is 11.4 Å². The summed E-state index contributed by atoms with van der Waals surface area (Å²) >= 11 is 3.06. The third kappa shape index (κ3) is 2.15. The molecule has 6 nitrogen and oxygen atoms in total. The minimum absolute atomic E-state index is 0.0468. The fourth-order valence-corrected chi connectivity index (χ4v) is 2.35. The quantitative estimate of drug-likeness (QED) is 0.877. The Hall–Kier alpha value is -1.34. The first kappa shape index (κ1) is 13.1. The van der Waals surface area contributed by atoms with Gasteiger partial charge >= 0.3 is 0 Å². The maximum atomic E-state index is 12.1. The van der Waals surface area contributed by atoms with Crippen LogP contribution in [-0.4, -0.2) is 47.3 Å². The molecule has 0 unspecified atom stereocenters. The molecular formula is C11H13BrN2O4. The summed E-state index contributed by atoms with van der Waals surface area (Å²) in [5.41, 5.74) is -0.520. The number of pyridine rings is 1. The van der Waals surface area contributed by atoms with Crippen LogP contribution in [0.15, 0.2) is 15.5 Å². The molecule has 0 radical (unpaired) electrons. The zero-order valence-corrected chi connectivity index (χ0v) is 11.4. The SMILES string of the molecule is COCCN1CCn2cc(Br)c(=O)c(O)c2C1=O. The highest BCUT2D eigenvalue weighted by molar-refractivity contribution is 9.10. The van der Waals surface area contributed by atoms with Crippen molar-refractivity contribution in [3.63, 3.8) is 0 Å². The van der Waals surface area contributed by atoms with Crippen molar-refractivity contribution in [1.29, 1.82) is 0 Å². The highest BCUT2D eigenvalue weighted by Gasteiger charge is 2.28. The molecule has 2 heterocycles. The van der Waals surface area contributed by atoms with Crippen LogP contribution in [0.3, 0.4) is 0 Å². The summed E-state index contributed by atoms with van der Waals surface area (Å²) in [6.07, 6.45) is 1.53. The highest BCUT2D eigenvalue weighted by Crippen LogP contribution is 2.21. The summed E-state index contributed by atoms with van der Waals surface area (Å²) in [5, 5.41) is 9.80. The molecule has 0 fully saturated rings. The molecule has 1 aliphatic heterocycles. The summed E-state index contributed by atoms with van der Waals surface area (Å²) in [6.45, 7) is 1.94. The van der Waals surface area contributed by atoms with Gasteiger partial charge in [-0.1, -0.05) is 0 Å². The van der Waals surface area contributed by atoms with E-state index >= 15 is 0 Å². The number of amides is 1. The molecule has 1 aliphatic rings. The van der Waals surface area contributed by atoms with Crippen LogP contribution in [0.1, 0.15) is 10.5 Å². The molecule has 98 valence electrons. The molecule has 0 saturated heterocycles. The Balaban J connectivity index is 2.40. The van der Waals surface area contributed by atoms with E-state index in [4.69, 9.17) is 4.74 Å². The van der Waals surface area contributed by atoms with E-state index in [9.17, 15) is 14.7 Å². The number of aromatic nitrogens is 1. The zero-order valence-electron chi connectivity index (χ0n) is 9.85. The van der Waals surface area contributed by atoms with Crippen molar-refractivity contribution < 1.29 is 14.6 Å². The molecule has 1 amide bonds. The molecule has 0 spiro atoms. The van der Waals surface area contributed by atoms with Gasteiger partial charge in [0.25, 0.3) is 5.91 Å². The lowest BCUT2D eigenvalue weighted by atomic mass is 10.2. The molecular weight excluding hydrogens is 304 g/mol. The van der Waals surface area contributed by atoms with Crippen LogP contribution < -0.4 is 5.43 Å². The Morgan fingerprint density at radius 3 is 2.83 bits per heavy atom. The minimum Gasteiger partial charge on any atom is -0.503 e. The largest absolute Gasteiger partial charge is 0.503 e. The van der Waals surface area contributed by atoms with Gasteiger partial charge < -0.3 is 19.3 Å². The van der Waals surface area contributed by atoms with Gasteiger partial charge in [0.1, 0.15) is 0 Å². The number of rotatable bonds is 3. The standard InChI is InChI=1S/C11H13BrN2O4/c1-18-5-4-13-2-3-14-6-7(12)9(15)10(16)8(14)11(13)17/h6,16H,2-5H2,1H3. The number of fused-ring (bicyclic) bond motifs is 1. The summed E-state index contributed by atoms with van der Waals surface area (Å²) in [7, 11) is 1.56. The molecule has 1 aromatic rings. The summed E-state index contributed by atoms with van der Waals surface area (Å²) in [6, 6.07) is 0. The van der Waals surface area contributed by atoms with Crippen LogP contribution in [0, 0.1) is 0 Å². The van der Waals surface area contributed by atoms with Crippen molar-refractivity contribution >= 4 is 21.8 Å². The molecule has 2 rings (SSSR count). The maximum Gasteiger partial charge on any atom is 0.274 e. The topological polar surface area (TPSA) is 71.8 Å². The van der Waals surface area contributed by atoms with Crippen LogP contribution in [0.25, 0.3) is 0 Å². The minimum atomic E-state index is -0.566. The summed E-state index contributed by atoms with van der Waals surface area (Å²) in [4.78, 5) is 25.3. The molecule has 0 aliphatic carbocycles. The predicted molar refractivity (Wildman–Crippen MR) is 67.8 cm³/mol. The van der Waals surface area contributed by atoms with E-state index in [-0.39, 0.29) is 16.1 Å². The van der Waals surface area contributed by atoms with Crippen LogP contribution in [0.4, 0.5) is 0 Å². The third-order valence-corrected chi connectivity index (χ3v) is 3.44. The lowest BCUT2D eigenvalue weighted by Crippen LogP contribution is -2.43. The Morgan fingerprint density at radius 1 is 1.44 bits per heavy atom. The molecule has 1 aromatic heterocycles. The van der Waals surface area contributed by atoms with E-state index in [1.54, 1.807) is 16.6 Å². The molecule has 7 heteroatoms. The second-order valence-electron chi connectivity index (χ2n) is 3.98. The molecule has 18 heavy (non-hydrogen) atoms. The number of nitrogens with zero attached hydrogens (tertiary/aromatic N) is 2. The van der Waals surface area contributed by atoms with Crippen molar-refractivity contribution in [1.82, 2.24) is 9.47 Å². The predicted octanol–water partition coefficient (Wildman–Crippen LogP) is 0.419.